The Balaban J connectivity index is 2.70. The molecule has 0 aliphatic carbocycles. The Morgan fingerprint density at radius 2 is 2.24 bits per heavy atom. The molecule has 0 aliphatic heterocycles. The van der Waals surface area contributed by atoms with Crippen molar-refractivity contribution in [2.24, 2.45) is 0 Å². The topological polar surface area (TPSA) is 85.4 Å². The first kappa shape index (κ1) is 13.7. The fourth-order valence-corrected chi connectivity index (χ4v) is 2.08. The molecule has 0 aliphatic rings. The van der Waals surface area contributed by atoms with Gasteiger partial charge in [-0.3, -0.25) is 9.52 Å². The summed E-state index contributed by atoms with van der Waals surface area (Å²) in [5, 5.41) is 0.154. The molecule has 1 aromatic rings. The van der Waals surface area contributed by atoms with E-state index in [-0.39, 0.29) is 17.6 Å². The van der Waals surface area contributed by atoms with Crippen molar-refractivity contribution in [1.82, 2.24) is 4.98 Å². The molecule has 0 unspecified atom stereocenters. The number of pyridine rings is 1. The third-order valence-electron chi connectivity index (χ3n) is 1.59. The van der Waals surface area contributed by atoms with E-state index in [2.05, 4.69) is 14.4 Å². The number of nitrogens with one attached hydrogen (secondary N) is 1. The number of nitrogens with zero attached hydrogens (tertiary/aromatic N) is 1. The second-order valence-corrected chi connectivity index (χ2v) is 5.12. The molecule has 0 spiro atoms. The Bertz CT molecular complexity index is 503. The summed E-state index contributed by atoms with van der Waals surface area (Å²) in [7, 11) is -3.82. The van der Waals surface area contributed by atoms with Crippen molar-refractivity contribution in [2.45, 2.75) is 6.92 Å². The molecule has 0 fully saturated rings. The average molecular weight is 279 g/mol. The third-order valence-corrected chi connectivity index (χ3v) is 2.93. The van der Waals surface area contributed by atoms with Crippen molar-refractivity contribution < 1.29 is 17.9 Å². The standard InChI is InChI=1S/C9H11ClN2O4S/c1-2-16-9(13)6-17(14,15)12-8-5-3-4-7(10)11-8/h3-5H,2,6H2,1H3,(H,11,12). The highest BCUT2D eigenvalue weighted by Gasteiger charge is 2.17. The predicted octanol–water partition coefficient (Wildman–Crippen LogP) is 1.04. The van der Waals surface area contributed by atoms with Gasteiger partial charge in [0.05, 0.1) is 6.61 Å². The first-order valence-electron chi connectivity index (χ1n) is 4.71. The third kappa shape index (κ3) is 5.01. The van der Waals surface area contributed by atoms with Crippen molar-refractivity contribution in [3.05, 3.63) is 23.4 Å². The van der Waals surface area contributed by atoms with Crippen molar-refractivity contribution >= 4 is 33.4 Å². The molecule has 1 heterocycles. The quantitative estimate of drug-likeness (QED) is 0.642. The maximum absolute atomic E-state index is 11.5. The van der Waals surface area contributed by atoms with E-state index in [4.69, 9.17) is 11.6 Å². The molecule has 0 saturated heterocycles. The van der Waals surface area contributed by atoms with Crippen LogP contribution in [0.5, 0.6) is 0 Å². The SMILES string of the molecule is CCOC(=O)CS(=O)(=O)Nc1cccc(Cl)n1. The molecule has 0 radical (unpaired) electrons. The zero-order chi connectivity index (χ0) is 12.9. The van der Waals surface area contributed by atoms with Crippen molar-refractivity contribution in [3.8, 4) is 0 Å². The lowest BCUT2D eigenvalue weighted by molar-refractivity contribution is -0.139. The van der Waals surface area contributed by atoms with Crippen LogP contribution in [0.25, 0.3) is 0 Å². The summed E-state index contributed by atoms with van der Waals surface area (Å²) in [6, 6.07) is 4.47. The zero-order valence-corrected chi connectivity index (χ0v) is 10.6. The summed E-state index contributed by atoms with van der Waals surface area (Å²) >= 11 is 5.59. The summed E-state index contributed by atoms with van der Waals surface area (Å²) in [4.78, 5) is 14.8. The second kappa shape index (κ2) is 5.83. The predicted molar refractivity (Wildman–Crippen MR) is 63.3 cm³/mol. The minimum atomic E-state index is -3.82. The molecule has 0 bridgehead atoms. The van der Waals surface area contributed by atoms with E-state index in [0.29, 0.717) is 0 Å². The number of carbonyl (C=O) groups excluding carboxylic acids is 1. The largest absolute Gasteiger partial charge is 0.465 e. The number of hydrogen-bond donors (Lipinski definition) is 1. The minimum Gasteiger partial charge on any atom is -0.465 e. The second-order valence-electron chi connectivity index (χ2n) is 3.01. The summed E-state index contributed by atoms with van der Waals surface area (Å²) < 4.78 is 29.7. The van der Waals surface area contributed by atoms with Gasteiger partial charge in [0.25, 0.3) is 0 Å². The Kier molecular flexibility index (Phi) is 4.71. The van der Waals surface area contributed by atoms with Crippen LogP contribution in [0, 0.1) is 0 Å². The summed E-state index contributed by atoms with van der Waals surface area (Å²) in [5.74, 6) is -1.52. The molecule has 1 aromatic heterocycles. The number of rotatable bonds is 5. The normalized spacial score (nSPS) is 10.9. The lowest BCUT2D eigenvalue weighted by Gasteiger charge is -2.06. The first-order chi connectivity index (χ1) is 7.93. The Hall–Kier alpha value is -1.34. The van der Waals surface area contributed by atoms with Gasteiger partial charge in [-0.15, -0.1) is 0 Å². The number of carbonyl (C=O) groups is 1. The number of aromatic nitrogens is 1. The lowest BCUT2D eigenvalue weighted by Crippen LogP contribution is -2.24. The van der Waals surface area contributed by atoms with Crippen LogP contribution in [0.4, 0.5) is 5.82 Å². The van der Waals surface area contributed by atoms with Gasteiger partial charge in [-0.2, -0.15) is 0 Å². The Morgan fingerprint density at radius 3 is 2.82 bits per heavy atom. The summed E-state index contributed by atoms with van der Waals surface area (Å²) in [6.45, 7) is 1.72. The van der Waals surface area contributed by atoms with E-state index in [9.17, 15) is 13.2 Å². The van der Waals surface area contributed by atoms with E-state index >= 15 is 0 Å². The van der Waals surface area contributed by atoms with Crippen LogP contribution < -0.4 is 4.72 Å². The molecule has 1 rings (SSSR count). The van der Waals surface area contributed by atoms with E-state index in [1.54, 1.807) is 6.92 Å². The highest BCUT2D eigenvalue weighted by atomic mass is 35.5. The molecule has 8 heteroatoms. The summed E-state index contributed by atoms with van der Waals surface area (Å²) in [6.07, 6.45) is 0. The minimum absolute atomic E-state index is 0.0572. The van der Waals surface area contributed by atoms with Gasteiger partial charge >= 0.3 is 5.97 Å². The van der Waals surface area contributed by atoms with Gasteiger partial charge in [-0.25, -0.2) is 13.4 Å². The van der Waals surface area contributed by atoms with Crippen LogP contribution in [-0.4, -0.2) is 31.7 Å². The highest BCUT2D eigenvalue weighted by Crippen LogP contribution is 2.10. The van der Waals surface area contributed by atoms with Crippen LogP contribution in [0.3, 0.4) is 0 Å². The van der Waals surface area contributed by atoms with Gasteiger partial charge in [0.15, 0.2) is 5.75 Å². The number of anilines is 1. The number of halogens is 1. The molecule has 94 valence electrons. The van der Waals surface area contributed by atoms with Crippen LogP contribution in [0.15, 0.2) is 18.2 Å². The van der Waals surface area contributed by atoms with Gasteiger partial charge in [-0.1, -0.05) is 17.7 Å². The number of esters is 1. The molecular formula is C9H11ClN2O4S. The van der Waals surface area contributed by atoms with Crippen LogP contribution in [-0.2, 0) is 19.6 Å². The van der Waals surface area contributed by atoms with E-state index in [1.807, 2.05) is 0 Å². The van der Waals surface area contributed by atoms with E-state index in [0.717, 1.165) is 0 Å². The molecule has 0 aromatic carbocycles. The fourth-order valence-electron chi connectivity index (χ4n) is 1.02. The molecule has 17 heavy (non-hydrogen) atoms. The van der Waals surface area contributed by atoms with E-state index < -0.39 is 21.7 Å². The van der Waals surface area contributed by atoms with Gasteiger partial charge in [0, 0.05) is 0 Å². The molecular weight excluding hydrogens is 268 g/mol. The molecule has 0 amide bonds. The van der Waals surface area contributed by atoms with Gasteiger partial charge in [0.1, 0.15) is 11.0 Å². The first-order valence-corrected chi connectivity index (χ1v) is 6.74. The molecule has 6 nitrogen and oxygen atoms in total. The fraction of sp³-hybridized carbons (Fsp3) is 0.333. The molecule has 0 saturated carbocycles. The Morgan fingerprint density at radius 1 is 1.53 bits per heavy atom. The zero-order valence-electron chi connectivity index (χ0n) is 9.01. The molecule has 0 atom stereocenters. The number of ether oxygens (including phenoxy) is 1. The van der Waals surface area contributed by atoms with Crippen LogP contribution in [0.2, 0.25) is 5.15 Å². The average Bonchev–Trinajstić information content (AvgIpc) is 2.15. The highest BCUT2D eigenvalue weighted by molar-refractivity contribution is 7.93. The van der Waals surface area contributed by atoms with Gasteiger partial charge in [-0.05, 0) is 19.1 Å². The van der Waals surface area contributed by atoms with Crippen LogP contribution in [0.1, 0.15) is 6.92 Å². The van der Waals surface area contributed by atoms with Crippen LogP contribution >= 0.6 is 11.6 Å². The number of sulfonamides is 1. The lowest BCUT2D eigenvalue weighted by atomic mass is 10.5. The smallest absolute Gasteiger partial charge is 0.323 e. The van der Waals surface area contributed by atoms with Crippen molar-refractivity contribution in [3.63, 3.8) is 0 Å². The summed E-state index contributed by atoms with van der Waals surface area (Å²) in [5.41, 5.74) is 0. The number of hydrogen-bond acceptors (Lipinski definition) is 5. The maximum Gasteiger partial charge on any atom is 0.323 e. The van der Waals surface area contributed by atoms with Gasteiger partial charge < -0.3 is 4.74 Å². The van der Waals surface area contributed by atoms with Gasteiger partial charge in [0.2, 0.25) is 10.0 Å². The van der Waals surface area contributed by atoms with E-state index in [1.165, 1.54) is 18.2 Å². The Labute approximate surface area is 104 Å². The maximum atomic E-state index is 11.5. The monoisotopic (exact) mass is 278 g/mol. The van der Waals surface area contributed by atoms with Crippen molar-refractivity contribution in [2.75, 3.05) is 17.1 Å². The van der Waals surface area contributed by atoms with Crippen molar-refractivity contribution in [1.29, 1.82) is 0 Å². The molecule has 1 N–H and O–H groups in total.